The zero-order chi connectivity index (χ0) is 21.9. The molecule has 0 saturated carbocycles. The number of hydrogen-bond acceptors (Lipinski definition) is 4. The van der Waals surface area contributed by atoms with Gasteiger partial charge in [0.05, 0.1) is 36.1 Å². The molecular weight excluding hydrogens is 392 g/mol. The molecule has 0 aliphatic carbocycles. The van der Waals surface area contributed by atoms with Gasteiger partial charge in [-0.1, -0.05) is 51.0 Å². The van der Waals surface area contributed by atoms with E-state index in [1.54, 1.807) is 0 Å². The molecule has 3 aromatic carbocycles. The van der Waals surface area contributed by atoms with E-state index in [1.807, 2.05) is 0 Å². The maximum absolute atomic E-state index is 2.51. The molecule has 5 rings (SSSR count). The van der Waals surface area contributed by atoms with Crippen molar-refractivity contribution in [1.82, 2.24) is 0 Å². The van der Waals surface area contributed by atoms with Crippen LogP contribution in [-0.4, -0.2) is 26.4 Å². The number of hydrogen-bond donors (Lipinski definition) is 0. The van der Waals surface area contributed by atoms with Gasteiger partial charge in [0.2, 0.25) is 0 Å². The molecule has 0 unspecified atom stereocenters. The average Bonchev–Trinajstić information content (AvgIpc) is 3.40. The van der Waals surface area contributed by atoms with E-state index in [-0.39, 0.29) is 0 Å². The van der Waals surface area contributed by atoms with E-state index in [0.717, 1.165) is 26.4 Å². The van der Waals surface area contributed by atoms with Gasteiger partial charge < -0.3 is 19.6 Å². The predicted octanol–water partition coefficient (Wildman–Crippen LogP) is 7.12. The lowest BCUT2D eigenvalue weighted by atomic mass is 10.2. The first-order valence-corrected chi connectivity index (χ1v) is 12.1. The monoisotopic (exact) mass is 426 g/mol. The summed E-state index contributed by atoms with van der Waals surface area (Å²) in [6.07, 6.45) is 4.90. The maximum atomic E-state index is 2.51. The highest BCUT2D eigenvalue weighted by molar-refractivity contribution is 5.85. The number of benzene rings is 3. The van der Waals surface area contributed by atoms with E-state index < -0.39 is 0 Å². The number of para-hydroxylation sites is 4. The molecule has 0 fully saturated rings. The zero-order valence-electron chi connectivity index (χ0n) is 19.4. The summed E-state index contributed by atoms with van der Waals surface area (Å²) in [5, 5.41) is 0. The topological polar surface area (TPSA) is 13.0 Å². The van der Waals surface area contributed by atoms with Crippen molar-refractivity contribution in [3.8, 4) is 0 Å². The van der Waals surface area contributed by atoms with Gasteiger partial charge in [0.25, 0.3) is 0 Å². The largest absolute Gasteiger partial charge is 0.352 e. The van der Waals surface area contributed by atoms with Crippen LogP contribution in [0.3, 0.4) is 0 Å². The minimum Gasteiger partial charge on any atom is -0.352 e. The Kier molecular flexibility index (Phi) is 5.93. The summed E-state index contributed by atoms with van der Waals surface area (Å²) in [5.41, 5.74) is 7.85. The van der Waals surface area contributed by atoms with E-state index in [0.29, 0.717) is 0 Å². The Balaban J connectivity index is 1.38. The molecule has 2 heterocycles. The van der Waals surface area contributed by atoms with Crippen LogP contribution in [0.15, 0.2) is 72.8 Å². The fourth-order valence-electron chi connectivity index (χ4n) is 4.90. The Morgan fingerprint density at radius 1 is 0.531 bits per heavy atom. The molecule has 32 heavy (non-hydrogen) atoms. The summed E-state index contributed by atoms with van der Waals surface area (Å²) in [7, 11) is 0. The summed E-state index contributed by atoms with van der Waals surface area (Å²) >= 11 is 0. The third kappa shape index (κ3) is 3.79. The van der Waals surface area contributed by atoms with Gasteiger partial charge in [-0.2, -0.15) is 0 Å². The molecule has 0 bridgehead atoms. The van der Waals surface area contributed by atoms with Crippen LogP contribution in [0, 0.1) is 0 Å². The highest BCUT2D eigenvalue weighted by Crippen LogP contribution is 2.43. The van der Waals surface area contributed by atoms with Gasteiger partial charge in [0.15, 0.2) is 0 Å². The van der Waals surface area contributed by atoms with Crippen molar-refractivity contribution < 1.29 is 0 Å². The first-order valence-electron chi connectivity index (χ1n) is 12.1. The molecule has 2 aliphatic rings. The lowest BCUT2D eigenvalue weighted by Gasteiger charge is -2.24. The Morgan fingerprint density at radius 3 is 1.28 bits per heavy atom. The highest BCUT2D eigenvalue weighted by Gasteiger charge is 2.28. The van der Waals surface area contributed by atoms with E-state index >= 15 is 0 Å². The Labute approximate surface area is 192 Å². The summed E-state index contributed by atoms with van der Waals surface area (Å²) in [6.45, 7) is 8.60. The second-order valence-electron chi connectivity index (χ2n) is 8.87. The number of nitrogens with zero attached hydrogens (tertiary/aromatic N) is 4. The molecule has 0 aromatic heterocycles. The van der Waals surface area contributed by atoms with Crippen LogP contribution in [0.4, 0.5) is 34.1 Å². The van der Waals surface area contributed by atoms with Crippen LogP contribution in [-0.2, 0) is 0 Å². The van der Waals surface area contributed by atoms with Gasteiger partial charge in [0.1, 0.15) is 0 Å². The third-order valence-electron chi connectivity index (χ3n) is 6.69. The standard InChI is InChI=1S/C28H34N4/c1-3-5-19-29-21-31(27-13-9-7-11-25(27)29)23-15-17-24(18-16-23)32-22-30(20-6-4-2)26-12-8-10-14-28(26)32/h7-18H,3-6,19-22H2,1-2H3. The Hall–Kier alpha value is -3.14. The van der Waals surface area contributed by atoms with Gasteiger partial charge in [0, 0.05) is 24.5 Å². The molecule has 0 amide bonds. The molecule has 2 aliphatic heterocycles. The fourth-order valence-corrected chi connectivity index (χ4v) is 4.90. The van der Waals surface area contributed by atoms with Crippen LogP contribution < -0.4 is 19.6 Å². The first kappa shape index (κ1) is 20.7. The van der Waals surface area contributed by atoms with Gasteiger partial charge in [-0.15, -0.1) is 0 Å². The molecule has 3 aromatic rings. The van der Waals surface area contributed by atoms with Crippen molar-refractivity contribution in [1.29, 1.82) is 0 Å². The van der Waals surface area contributed by atoms with Crippen LogP contribution >= 0.6 is 0 Å². The van der Waals surface area contributed by atoms with Gasteiger partial charge in [-0.3, -0.25) is 0 Å². The van der Waals surface area contributed by atoms with Crippen molar-refractivity contribution in [3.05, 3.63) is 72.8 Å². The normalized spacial score (nSPS) is 14.8. The number of unbranched alkanes of at least 4 members (excludes halogenated alkanes) is 2. The summed E-state index contributed by atoms with van der Waals surface area (Å²) in [5.74, 6) is 0. The molecule has 4 nitrogen and oxygen atoms in total. The van der Waals surface area contributed by atoms with E-state index in [9.17, 15) is 0 Å². The number of fused-ring (bicyclic) bond motifs is 2. The third-order valence-corrected chi connectivity index (χ3v) is 6.69. The smallest absolute Gasteiger partial charge is 0.0953 e. The van der Waals surface area contributed by atoms with Crippen molar-refractivity contribution in [2.24, 2.45) is 0 Å². The van der Waals surface area contributed by atoms with Crippen LogP contribution in [0.1, 0.15) is 39.5 Å². The quantitative estimate of drug-likeness (QED) is 0.380. The average molecular weight is 427 g/mol. The van der Waals surface area contributed by atoms with Crippen LogP contribution in [0.25, 0.3) is 0 Å². The second-order valence-corrected chi connectivity index (χ2v) is 8.87. The first-order chi connectivity index (χ1) is 15.8. The molecule has 0 saturated heterocycles. The van der Waals surface area contributed by atoms with Crippen molar-refractivity contribution in [2.45, 2.75) is 39.5 Å². The lowest BCUT2D eigenvalue weighted by Crippen LogP contribution is -2.29. The van der Waals surface area contributed by atoms with Gasteiger partial charge in [-0.05, 0) is 61.4 Å². The van der Waals surface area contributed by atoms with Crippen molar-refractivity contribution in [3.63, 3.8) is 0 Å². The summed E-state index contributed by atoms with van der Waals surface area (Å²) in [4.78, 5) is 9.91. The molecule has 0 atom stereocenters. The molecule has 166 valence electrons. The molecule has 0 spiro atoms. The van der Waals surface area contributed by atoms with Crippen molar-refractivity contribution in [2.75, 3.05) is 46.0 Å². The SMILES string of the molecule is CCCCN1CN(c2ccc(N3CN(CCCC)c4ccccc43)cc2)c2ccccc21. The minimum absolute atomic E-state index is 0.927. The van der Waals surface area contributed by atoms with Gasteiger partial charge >= 0.3 is 0 Å². The maximum Gasteiger partial charge on any atom is 0.0953 e. The van der Waals surface area contributed by atoms with E-state index in [2.05, 4.69) is 106 Å². The second kappa shape index (κ2) is 9.15. The molecule has 4 heteroatoms. The molecule has 0 radical (unpaired) electrons. The number of anilines is 6. The summed E-state index contributed by atoms with van der Waals surface area (Å²) < 4.78 is 0. The molecule has 0 N–H and O–H groups in total. The Morgan fingerprint density at radius 2 is 0.906 bits per heavy atom. The van der Waals surface area contributed by atoms with Crippen LogP contribution in [0.5, 0.6) is 0 Å². The van der Waals surface area contributed by atoms with E-state index in [4.69, 9.17) is 0 Å². The predicted molar refractivity (Wildman–Crippen MR) is 138 cm³/mol. The van der Waals surface area contributed by atoms with Crippen molar-refractivity contribution >= 4 is 34.1 Å². The highest BCUT2D eigenvalue weighted by atomic mass is 15.4. The molecular formula is C28H34N4. The summed E-state index contributed by atoms with van der Waals surface area (Å²) in [6, 6.07) is 26.7. The van der Waals surface area contributed by atoms with E-state index in [1.165, 1.54) is 59.8 Å². The zero-order valence-corrected chi connectivity index (χ0v) is 19.4. The van der Waals surface area contributed by atoms with Crippen LogP contribution in [0.2, 0.25) is 0 Å². The van der Waals surface area contributed by atoms with Gasteiger partial charge in [-0.25, -0.2) is 0 Å². The minimum atomic E-state index is 0.927. The Bertz CT molecular complexity index is 961. The fraction of sp³-hybridized carbons (Fsp3) is 0.357. The number of rotatable bonds is 8. The lowest BCUT2D eigenvalue weighted by molar-refractivity contribution is 0.735.